The Bertz CT molecular complexity index is 650. The summed E-state index contributed by atoms with van der Waals surface area (Å²) in [7, 11) is -2.57. The highest BCUT2D eigenvalue weighted by atomic mass is 31.1. The van der Waals surface area contributed by atoms with Gasteiger partial charge >= 0.3 is 8.25 Å². The number of benzene rings is 1. The zero-order valence-electron chi connectivity index (χ0n) is 16.7. The van der Waals surface area contributed by atoms with Crippen LogP contribution in [0.4, 0.5) is 0 Å². The summed E-state index contributed by atoms with van der Waals surface area (Å²) in [5.74, 6) is 1.30. The number of unbranched alkanes of at least 4 members (excludes halogenated alkanes) is 3. The zero-order chi connectivity index (χ0) is 19.3. The molecule has 3 N–H and O–H groups in total. The molecule has 1 saturated carbocycles. The van der Waals surface area contributed by atoms with E-state index in [1.807, 2.05) is 0 Å². The molecule has 1 fully saturated rings. The van der Waals surface area contributed by atoms with E-state index in [1.165, 1.54) is 62.5 Å². The van der Waals surface area contributed by atoms with Crippen LogP contribution in [0.15, 0.2) is 18.2 Å². The second-order valence-corrected chi connectivity index (χ2v) is 9.53. The maximum absolute atomic E-state index is 10.8. The van der Waals surface area contributed by atoms with Crippen LogP contribution in [0, 0.1) is 5.92 Å². The van der Waals surface area contributed by atoms with Crippen molar-refractivity contribution >= 4 is 8.25 Å². The molecule has 4 atom stereocenters. The van der Waals surface area contributed by atoms with Crippen LogP contribution in [0.2, 0.25) is 0 Å². The standard InChI is InChI=1S/C22H34NO3P/c1-2-3-4-5-6-17-7-8-19-14-20(10-9-18(19)13-17)21-11-12-22(23,15-21)16-26-27(24)25/h9-10,14,17,21H,2-8,11-13,15-16,23H2,1H3/p+1/t17-,21+,22-/m1/s1. The maximum Gasteiger partial charge on any atom is 0.694 e. The largest absolute Gasteiger partial charge is 0.694 e. The molecule has 0 heterocycles. The minimum Gasteiger partial charge on any atom is -0.323 e. The van der Waals surface area contributed by atoms with E-state index in [0.717, 1.165) is 25.2 Å². The topological polar surface area (TPSA) is 72.5 Å². The van der Waals surface area contributed by atoms with E-state index in [2.05, 4.69) is 25.1 Å². The number of rotatable bonds is 9. The van der Waals surface area contributed by atoms with Gasteiger partial charge in [-0.1, -0.05) is 57.2 Å². The minimum absolute atomic E-state index is 0.167. The van der Waals surface area contributed by atoms with Crippen molar-refractivity contribution in [3.05, 3.63) is 34.9 Å². The van der Waals surface area contributed by atoms with Crippen molar-refractivity contribution in [1.82, 2.24) is 0 Å². The first kappa shape index (κ1) is 20.9. The summed E-state index contributed by atoms with van der Waals surface area (Å²) in [5, 5.41) is 0. The van der Waals surface area contributed by atoms with Crippen LogP contribution >= 0.6 is 8.25 Å². The lowest BCUT2D eigenvalue weighted by Crippen LogP contribution is -2.41. The van der Waals surface area contributed by atoms with Gasteiger partial charge in [0.2, 0.25) is 0 Å². The van der Waals surface area contributed by atoms with Gasteiger partial charge in [-0.25, -0.2) is 0 Å². The molecule has 0 amide bonds. The van der Waals surface area contributed by atoms with Crippen LogP contribution in [0.3, 0.4) is 0 Å². The van der Waals surface area contributed by atoms with Gasteiger partial charge in [-0.3, -0.25) is 0 Å². The molecule has 0 aromatic heterocycles. The molecule has 0 spiro atoms. The van der Waals surface area contributed by atoms with Crippen molar-refractivity contribution in [2.24, 2.45) is 11.7 Å². The molecule has 150 valence electrons. The fourth-order valence-electron chi connectivity index (χ4n) is 4.97. The third-order valence-electron chi connectivity index (χ3n) is 6.60. The van der Waals surface area contributed by atoms with E-state index >= 15 is 0 Å². The van der Waals surface area contributed by atoms with Crippen LogP contribution in [0.25, 0.3) is 0 Å². The van der Waals surface area contributed by atoms with Crippen LogP contribution in [-0.4, -0.2) is 17.0 Å². The van der Waals surface area contributed by atoms with Crippen molar-refractivity contribution in [2.45, 2.75) is 89.0 Å². The number of hydrogen-bond donors (Lipinski definition) is 2. The van der Waals surface area contributed by atoms with Crippen LogP contribution in [0.5, 0.6) is 0 Å². The monoisotopic (exact) mass is 392 g/mol. The first-order valence-electron chi connectivity index (χ1n) is 10.7. The Kier molecular flexibility index (Phi) is 7.44. The van der Waals surface area contributed by atoms with E-state index in [0.29, 0.717) is 5.92 Å². The van der Waals surface area contributed by atoms with Gasteiger partial charge in [-0.05, 0) is 67.1 Å². The molecule has 0 bridgehead atoms. The van der Waals surface area contributed by atoms with Crippen LogP contribution in [0.1, 0.15) is 87.3 Å². The van der Waals surface area contributed by atoms with Crippen molar-refractivity contribution in [3.63, 3.8) is 0 Å². The fourth-order valence-corrected chi connectivity index (χ4v) is 5.33. The lowest BCUT2D eigenvalue weighted by atomic mass is 9.79. The third kappa shape index (κ3) is 5.84. The van der Waals surface area contributed by atoms with Crippen LogP contribution in [-0.2, 0) is 21.9 Å². The molecule has 0 saturated heterocycles. The van der Waals surface area contributed by atoms with E-state index in [1.54, 1.807) is 5.56 Å². The summed E-state index contributed by atoms with van der Waals surface area (Å²) in [5.41, 5.74) is 10.4. The van der Waals surface area contributed by atoms with Gasteiger partial charge in [0.15, 0.2) is 0 Å². The number of hydrogen-bond acceptors (Lipinski definition) is 3. The smallest absolute Gasteiger partial charge is 0.323 e. The molecule has 0 aliphatic heterocycles. The Labute approximate surface area is 164 Å². The van der Waals surface area contributed by atoms with Crippen molar-refractivity contribution < 1.29 is 14.0 Å². The highest BCUT2D eigenvalue weighted by Crippen LogP contribution is 2.42. The summed E-state index contributed by atoms with van der Waals surface area (Å²) in [6.07, 6.45) is 13.3. The Morgan fingerprint density at radius 2 is 2.11 bits per heavy atom. The Hall–Kier alpha value is -0.800. The zero-order valence-corrected chi connectivity index (χ0v) is 17.6. The molecule has 1 unspecified atom stereocenters. The average molecular weight is 393 g/mol. The SMILES string of the molecule is CCCCCC[C@@H]1CCc2cc([C@H]3CC[C@](N)(CO[P+](=O)O)C3)ccc2C1. The van der Waals surface area contributed by atoms with Gasteiger partial charge in [-0.2, -0.15) is 0 Å². The first-order valence-corrected chi connectivity index (χ1v) is 11.8. The highest BCUT2D eigenvalue weighted by Gasteiger charge is 2.39. The first-order chi connectivity index (χ1) is 13.0. The lowest BCUT2D eigenvalue weighted by molar-refractivity contribution is 0.206. The summed E-state index contributed by atoms with van der Waals surface area (Å²) in [6, 6.07) is 7.05. The van der Waals surface area contributed by atoms with Gasteiger partial charge in [0.1, 0.15) is 6.61 Å². The van der Waals surface area contributed by atoms with Gasteiger partial charge < -0.3 is 5.73 Å². The summed E-state index contributed by atoms with van der Waals surface area (Å²) >= 11 is 0. The van der Waals surface area contributed by atoms with E-state index in [-0.39, 0.29) is 6.61 Å². The van der Waals surface area contributed by atoms with Gasteiger partial charge in [0.05, 0.1) is 0 Å². The maximum atomic E-state index is 10.8. The highest BCUT2D eigenvalue weighted by molar-refractivity contribution is 7.32. The summed E-state index contributed by atoms with van der Waals surface area (Å²) in [4.78, 5) is 8.88. The summed E-state index contributed by atoms with van der Waals surface area (Å²) in [6.45, 7) is 2.44. The Balaban J connectivity index is 1.55. The van der Waals surface area contributed by atoms with Gasteiger partial charge in [-0.15, -0.1) is 9.42 Å². The third-order valence-corrected chi connectivity index (χ3v) is 6.95. The van der Waals surface area contributed by atoms with Crippen molar-refractivity contribution in [1.29, 1.82) is 0 Å². The number of fused-ring (bicyclic) bond motifs is 1. The molecule has 2 aliphatic carbocycles. The average Bonchev–Trinajstić information content (AvgIpc) is 3.06. The molecule has 0 radical (unpaired) electrons. The molecule has 4 nitrogen and oxygen atoms in total. The van der Waals surface area contributed by atoms with Crippen molar-refractivity contribution in [2.75, 3.05) is 6.61 Å². The van der Waals surface area contributed by atoms with Crippen LogP contribution < -0.4 is 5.73 Å². The molecule has 1 aromatic carbocycles. The molecule has 3 rings (SSSR count). The Morgan fingerprint density at radius 1 is 1.26 bits per heavy atom. The minimum atomic E-state index is -2.57. The second kappa shape index (κ2) is 9.60. The Morgan fingerprint density at radius 3 is 2.89 bits per heavy atom. The quantitative estimate of drug-likeness (QED) is 0.436. The second-order valence-electron chi connectivity index (χ2n) is 8.80. The summed E-state index contributed by atoms with van der Waals surface area (Å²) < 4.78 is 15.7. The van der Waals surface area contributed by atoms with E-state index in [9.17, 15) is 4.57 Å². The van der Waals surface area contributed by atoms with Gasteiger partial charge in [0, 0.05) is 10.1 Å². The van der Waals surface area contributed by atoms with Crippen molar-refractivity contribution in [3.8, 4) is 0 Å². The fraction of sp³-hybridized carbons (Fsp3) is 0.727. The molecule has 1 aromatic rings. The van der Waals surface area contributed by atoms with E-state index < -0.39 is 13.8 Å². The normalized spacial score (nSPS) is 28.2. The molecular formula is C22H35NO3P+. The molecule has 2 aliphatic rings. The molecule has 27 heavy (non-hydrogen) atoms. The molecule has 5 heteroatoms. The van der Waals surface area contributed by atoms with E-state index in [4.69, 9.17) is 15.2 Å². The molecular weight excluding hydrogens is 357 g/mol. The van der Waals surface area contributed by atoms with Gasteiger partial charge in [0.25, 0.3) is 0 Å². The number of aryl methyl sites for hydroxylation is 1. The lowest BCUT2D eigenvalue weighted by Gasteiger charge is -2.26. The predicted octanol–water partition coefficient (Wildman–Crippen LogP) is 5.39. The number of nitrogens with two attached hydrogens (primary N) is 1. The predicted molar refractivity (Wildman–Crippen MR) is 110 cm³/mol.